The number of aryl methyl sites for hydroxylation is 1. The highest BCUT2D eigenvalue weighted by atomic mass is 79.9. The zero-order chi connectivity index (χ0) is 14.9. The molecule has 2 aromatic rings. The average Bonchev–Trinajstić information content (AvgIpc) is 2.36. The number of benzene rings is 1. The van der Waals surface area contributed by atoms with Crippen LogP contribution in [0.3, 0.4) is 0 Å². The molecule has 0 radical (unpaired) electrons. The zero-order valence-electron chi connectivity index (χ0n) is 10.4. The summed E-state index contributed by atoms with van der Waals surface area (Å²) in [5.41, 5.74) is 7.22. The summed E-state index contributed by atoms with van der Waals surface area (Å²) in [6.45, 7) is 1.82. The van der Waals surface area contributed by atoms with E-state index in [2.05, 4.69) is 41.6 Å². The smallest absolute Gasteiger partial charge is 0.263 e. The summed E-state index contributed by atoms with van der Waals surface area (Å²) in [6, 6.07) is 6.30. The van der Waals surface area contributed by atoms with E-state index >= 15 is 0 Å². The molecule has 0 aliphatic heterocycles. The maximum absolute atomic E-state index is 12.3. The van der Waals surface area contributed by atoms with Gasteiger partial charge < -0.3 is 5.73 Å². The van der Waals surface area contributed by atoms with Gasteiger partial charge in [0.25, 0.3) is 10.0 Å². The van der Waals surface area contributed by atoms with Crippen LogP contribution in [0.2, 0.25) is 0 Å². The largest absolute Gasteiger partial charge is 0.399 e. The predicted octanol–water partition coefficient (Wildman–Crippen LogP) is 3.30. The molecular formula is C12H11Br2N3O2S. The first kappa shape index (κ1) is 15.3. The van der Waals surface area contributed by atoms with Gasteiger partial charge in [-0.15, -0.1) is 0 Å². The summed E-state index contributed by atoms with van der Waals surface area (Å²) in [4.78, 5) is 4.13. The number of nitrogens with one attached hydrogen (secondary N) is 1. The van der Waals surface area contributed by atoms with Crippen LogP contribution in [0.25, 0.3) is 0 Å². The molecule has 0 saturated carbocycles. The number of aromatic nitrogens is 1. The Bertz CT molecular complexity index is 763. The van der Waals surface area contributed by atoms with Crippen LogP contribution in [0.15, 0.2) is 44.4 Å². The van der Waals surface area contributed by atoms with E-state index in [9.17, 15) is 8.42 Å². The highest BCUT2D eigenvalue weighted by molar-refractivity contribution is 9.10. The van der Waals surface area contributed by atoms with Gasteiger partial charge in [0.1, 0.15) is 9.50 Å². The molecule has 0 aliphatic rings. The van der Waals surface area contributed by atoms with Crippen molar-refractivity contribution in [2.24, 2.45) is 0 Å². The standard InChI is InChI=1S/C12H11Br2N3O2S/c1-7-4-9(6-16-12(7)14)17-20(18,19)11-5-8(15)2-3-10(11)13/h2-6,17H,15H2,1H3. The first-order valence-corrected chi connectivity index (χ1v) is 8.56. The van der Waals surface area contributed by atoms with Gasteiger partial charge in [-0.3, -0.25) is 4.72 Å². The molecular weight excluding hydrogens is 410 g/mol. The molecule has 0 spiro atoms. The number of halogens is 2. The Hall–Kier alpha value is -1.12. The summed E-state index contributed by atoms with van der Waals surface area (Å²) in [6.07, 6.45) is 1.44. The van der Waals surface area contributed by atoms with Crippen molar-refractivity contribution in [2.75, 3.05) is 10.5 Å². The zero-order valence-corrected chi connectivity index (χ0v) is 14.4. The molecule has 1 aromatic heterocycles. The van der Waals surface area contributed by atoms with Gasteiger partial charge in [-0.25, -0.2) is 13.4 Å². The Kier molecular flexibility index (Phi) is 4.36. The highest BCUT2D eigenvalue weighted by Gasteiger charge is 2.18. The molecule has 5 nitrogen and oxygen atoms in total. The van der Waals surface area contributed by atoms with Crippen molar-refractivity contribution in [1.29, 1.82) is 0 Å². The number of nitrogens with two attached hydrogens (primary N) is 1. The van der Waals surface area contributed by atoms with Crippen LogP contribution in [0, 0.1) is 6.92 Å². The van der Waals surface area contributed by atoms with Gasteiger partial charge >= 0.3 is 0 Å². The first-order valence-electron chi connectivity index (χ1n) is 5.49. The third kappa shape index (κ3) is 3.31. The van der Waals surface area contributed by atoms with E-state index in [1.165, 1.54) is 12.3 Å². The fourth-order valence-electron chi connectivity index (χ4n) is 1.55. The number of anilines is 2. The van der Waals surface area contributed by atoms with E-state index in [-0.39, 0.29) is 4.90 Å². The molecule has 0 aliphatic carbocycles. The molecule has 20 heavy (non-hydrogen) atoms. The van der Waals surface area contributed by atoms with E-state index < -0.39 is 10.0 Å². The van der Waals surface area contributed by atoms with Crippen molar-refractivity contribution in [2.45, 2.75) is 11.8 Å². The molecule has 2 rings (SSSR count). The monoisotopic (exact) mass is 419 g/mol. The predicted molar refractivity (Wildman–Crippen MR) is 86.0 cm³/mol. The van der Waals surface area contributed by atoms with Gasteiger partial charge in [-0.05, 0) is 68.6 Å². The lowest BCUT2D eigenvalue weighted by molar-refractivity contribution is 0.601. The van der Waals surface area contributed by atoms with Crippen LogP contribution >= 0.6 is 31.9 Å². The lowest BCUT2D eigenvalue weighted by Gasteiger charge is -2.11. The molecule has 0 amide bonds. The van der Waals surface area contributed by atoms with E-state index in [4.69, 9.17) is 5.73 Å². The summed E-state index contributed by atoms with van der Waals surface area (Å²) in [7, 11) is -3.73. The third-order valence-corrected chi connectivity index (χ3v) is 5.72. The van der Waals surface area contributed by atoms with Gasteiger partial charge in [0.2, 0.25) is 0 Å². The lowest BCUT2D eigenvalue weighted by atomic mass is 10.3. The highest BCUT2D eigenvalue weighted by Crippen LogP contribution is 2.26. The molecule has 1 heterocycles. The second kappa shape index (κ2) is 5.71. The van der Waals surface area contributed by atoms with Crippen molar-refractivity contribution in [3.8, 4) is 0 Å². The Morgan fingerprint density at radius 2 is 1.95 bits per heavy atom. The van der Waals surface area contributed by atoms with Crippen LogP contribution in [-0.2, 0) is 10.0 Å². The first-order chi connectivity index (χ1) is 9.29. The molecule has 0 fully saturated rings. The van der Waals surface area contributed by atoms with Gasteiger partial charge in [0.15, 0.2) is 0 Å². The van der Waals surface area contributed by atoms with Crippen molar-refractivity contribution >= 4 is 53.3 Å². The molecule has 3 N–H and O–H groups in total. The van der Waals surface area contributed by atoms with Crippen LogP contribution in [0.4, 0.5) is 11.4 Å². The minimum absolute atomic E-state index is 0.0815. The fourth-order valence-corrected chi connectivity index (χ4v) is 3.80. The lowest BCUT2D eigenvalue weighted by Crippen LogP contribution is -2.14. The van der Waals surface area contributed by atoms with Crippen LogP contribution in [0.5, 0.6) is 0 Å². The van der Waals surface area contributed by atoms with Crippen molar-refractivity contribution < 1.29 is 8.42 Å². The number of pyridine rings is 1. The fraction of sp³-hybridized carbons (Fsp3) is 0.0833. The van der Waals surface area contributed by atoms with Crippen molar-refractivity contribution in [1.82, 2.24) is 4.98 Å². The Morgan fingerprint density at radius 1 is 1.25 bits per heavy atom. The summed E-state index contributed by atoms with van der Waals surface area (Å²) < 4.78 is 28.3. The Morgan fingerprint density at radius 3 is 2.60 bits per heavy atom. The second-order valence-corrected chi connectivity index (χ2v) is 7.38. The molecule has 8 heteroatoms. The quantitative estimate of drug-likeness (QED) is 0.589. The van der Waals surface area contributed by atoms with Gasteiger partial charge in [0.05, 0.1) is 11.9 Å². The maximum Gasteiger partial charge on any atom is 0.263 e. The molecule has 106 valence electrons. The van der Waals surface area contributed by atoms with Crippen LogP contribution < -0.4 is 10.5 Å². The van der Waals surface area contributed by atoms with Crippen LogP contribution in [-0.4, -0.2) is 13.4 Å². The van der Waals surface area contributed by atoms with Crippen molar-refractivity contribution in [3.05, 3.63) is 45.1 Å². The molecule has 1 aromatic carbocycles. The molecule has 0 atom stereocenters. The van der Waals surface area contributed by atoms with E-state index in [0.717, 1.165) is 5.56 Å². The maximum atomic E-state index is 12.3. The average molecular weight is 421 g/mol. The SMILES string of the molecule is Cc1cc(NS(=O)(=O)c2cc(N)ccc2Br)cnc1Br. The number of hydrogen-bond acceptors (Lipinski definition) is 4. The summed E-state index contributed by atoms with van der Waals surface area (Å²) in [5.74, 6) is 0. The van der Waals surface area contributed by atoms with Gasteiger partial charge in [0, 0.05) is 10.2 Å². The second-order valence-electron chi connectivity index (χ2n) is 4.13. The topological polar surface area (TPSA) is 85.1 Å². The van der Waals surface area contributed by atoms with Crippen LogP contribution in [0.1, 0.15) is 5.56 Å². The number of nitrogen functional groups attached to an aromatic ring is 1. The molecule has 0 saturated heterocycles. The molecule has 0 unspecified atom stereocenters. The normalized spacial score (nSPS) is 11.3. The Balaban J connectivity index is 2.40. The minimum atomic E-state index is -3.73. The number of rotatable bonds is 3. The van der Waals surface area contributed by atoms with Crippen molar-refractivity contribution in [3.63, 3.8) is 0 Å². The number of sulfonamides is 1. The van der Waals surface area contributed by atoms with E-state index in [0.29, 0.717) is 20.5 Å². The Labute approximate surface area is 133 Å². The molecule has 0 bridgehead atoms. The number of nitrogens with zero attached hydrogens (tertiary/aromatic N) is 1. The van der Waals surface area contributed by atoms with Gasteiger partial charge in [-0.2, -0.15) is 0 Å². The summed E-state index contributed by atoms with van der Waals surface area (Å²) >= 11 is 6.47. The number of hydrogen-bond donors (Lipinski definition) is 2. The van der Waals surface area contributed by atoms with E-state index in [1.54, 1.807) is 18.2 Å². The van der Waals surface area contributed by atoms with Gasteiger partial charge in [-0.1, -0.05) is 0 Å². The van der Waals surface area contributed by atoms with E-state index in [1.807, 2.05) is 6.92 Å². The minimum Gasteiger partial charge on any atom is -0.399 e. The third-order valence-electron chi connectivity index (χ3n) is 2.51. The summed E-state index contributed by atoms with van der Waals surface area (Å²) in [5, 5.41) is 0.